The van der Waals surface area contributed by atoms with Gasteiger partial charge in [-0.05, 0) is 18.9 Å². The molecule has 1 fully saturated rings. The Labute approximate surface area is 126 Å². The fourth-order valence-electron chi connectivity index (χ4n) is 2.64. The monoisotopic (exact) mass is 286 g/mol. The second kappa shape index (κ2) is 7.57. The van der Waals surface area contributed by atoms with E-state index in [2.05, 4.69) is 28.0 Å². The molecule has 1 unspecified atom stereocenters. The van der Waals surface area contributed by atoms with Crippen molar-refractivity contribution >= 4 is 11.9 Å². The molecule has 2 rings (SSSR count). The van der Waals surface area contributed by atoms with E-state index in [4.69, 9.17) is 0 Å². The molecule has 1 aliphatic rings. The smallest absolute Gasteiger partial charge is 0.228 e. The number of rotatable bonds is 6. The first-order valence-electron chi connectivity index (χ1n) is 7.28. The average molecular weight is 286 g/mol. The zero-order valence-corrected chi connectivity index (χ0v) is 12.3. The molecule has 0 N–H and O–H groups in total. The van der Waals surface area contributed by atoms with Crippen molar-refractivity contribution in [3.05, 3.63) is 43.8 Å². The first-order chi connectivity index (χ1) is 10.3. The molecule has 2 heterocycles. The molecule has 0 spiro atoms. The van der Waals surface area contributed by atoms with Gasteiger partial charge in [-0.1, -0.05) is 12.2 Å². The lowest BCUT2D eigenvalue weighted by Crippen LogP contribution is -2.45. The van der Waals surface area contributed by atoms with Crippen LogP contribution in [0.1, 0.15) is 12.8 Å². The van der Waals surface area contributed by atoms with E-state index in [0.29, 0.717) is 25.6 Å². The summed E-state index contributed by atoms with van der Waals surface area (Å²) in [5.41, 5.74) is 0. The minimum atomic E-state index is -0.0116. The fourth-order valence-corrected chi connectivity index (χ4v) is 2.64. The van der Waals surface area contributed by atoms with Crippen molar-refractivity contribution in [2.45, 2.75) is 12.8 Å². The van der Waals surface area contributed by atoms with Crippen molar-refractivity contribution in [1.82, 2.24) is 14.9 Å². The zero-order valence-electron chi connectivity index (χ0n) is 12.3. The topological polar surface area (TPSA) is 49.3 Å². The third kappa shape index (κ3) is 3.90. The third-order valence-electron chi connectivity index (χ3n) is 3.62. The van der Waals surface area contributed by atoms with Gasteiger partial charge in [0, 0.05) is 38.6 Å². The zero-order chi connectivity index (χ0) is 15.1. The van der Waals surface area contributed by atoms with Crippen LogP contribution in [0, 0.1) is 5.92 Å². The summed E-state index contributed by atoms with van der Waals surface area (Å²) in [6, 6.07) is 1.80. The molecular weight excluding hydrogens is 264 g/mol. The Morgan fingerprint density at radius 3 is 2.62 bits per heavy atom. The molecule has 0 aliphatic carbocycles. The Balaban J connectivity index is 2.04. The maximum atomic E-state index is 12.6. The molecule has 1 aromatic rings. The minimum Gasteiger partial charge on any atom is -0.340 e. The molecule has 112 valence electrons. The summed E-state index contributed by atoms with van der Waals surface area (Å²) >= 11 is 0. The van der Waals surface area contributed by atoms with Crippen LogP contribution in [-0.4, -0.2) is 47.0 Å². The van der Waals surface area contributed by atoms with Crippen LogP contribution in [0.25, 0.3) is 0 Å². The number of piperidine rings is 1. The van der Waals surface area contributed by atoms with Gasteiger partial charge < -0.3 is 9.80 Å². The summed E-state index contributed by atoms with van der Waals surface area (Å²) < 4.78 is 0. The van der Waals surface area contributed by atoms with Crippen LogP contribution in [0.2, 0.25) is 0 Å². The maximum Gasteiger partial charge on any atom is 0.228 e. The summed E-state index contributed by atoms with van der Waals surface area (Å²) in [7, 11) is 0. The van der Waals surface area contributed by atoms with Crippen molar-refractivity contribution in [1.29, 1.82) is 0 Å². The van der Waals surface area contributed by atoms with Gasteiger partial charge in [-0.2, -0.15) is 0 Å². The van der Waals surface area contributed by atoms with Gasteiger partial charge in [0.25, 0.3) is 0 Å². The number of anilines is 1. The van der Waals surface area contributed by atoms with Gasteiger partial charge in [-0.15, -0.1) is 13.2 Å². The standard InChI is InChI=1S/C16H22N4O/c1-3-10-19(11-4-2)15(21)14-7-5-12-20(13-14)16-17-8-6-9-18-16/h3-4,6,8-9,14H,1-2,5,7,10-13H2. The molecule has 0 aromatic carbocycles. The molecule has 5 nitrogen and oxygen atoms in total. The van der Waals surface area contributed by atoms with Crippen molar-refractivity contribution in [2.75, 3.05) is 31.1 Å². The molecule has 21 heavy (non-hydrogen) atoms. The van der Waals surface area contributed by atoms with Crippen molar-refractivity contribution in [3.8, 4) is 0 Å². The van der Waals surface area contributed by atoms with Crippen molar-refractivity contribution in [3.63, 3.8) is 0 Å². The Kier molecular flexibility index (Phi) is 5.49. The van der Waals surface area contributed by atoms with E-state index in [1.54, 1.807) is 35.5 Å². The third-order valence-corrected chi connectivity index (χ3v) is 3.62. The van der Waals surface area contributed by atoms with Crippen LogP contribution in [-0.2, 0) is 4.79 Å². The van der Waals surface area contributed by atoms with E-state index in [-0.39, 0.29) is 11.8 Å². The lowest BCUT2D eigenvalue weighted by molar-refractivity contribution is -0.134. The molecule has 1 amide bonds. The largest absolute Gasteiger partial charge is 0.340 e. The molecule has 0 bridgehead atoms. The average Bonchev–Trinajstić information content (AvgIpc) is 2.55. The number of carbonyl (C=O) groups excluding carboxylic acids is 1. The molecule has 0 saturated carbocycles. The van der Waals surface area contributed by atoms with E-state index in [0.717, 1.165) is 19.4 Å². The highest BCUT2D eigenvalue weighted by molar-refractivity contribution is 5.80. The summed E-state index contributed by atoms with van der Waals surface area (Å²) in [5.74, 6) is 0.854. The number of amides is 1. The highest BCUT2D eigenvalue weighted by Crippen LogP contribution is 2.21. The minimum absolute atomic E-state index is 0.0116. The summed E-state index contributed by atoms with van der Waals surface area (Å²) in [4.78, 5) is 25.0. The Morgan fingerprint density at radius 2 is 2.00 bits per heavy atom. The maximum absolute atomic E-state index is 12.6. The van der Waals surface area contributed by atoms with Crippen LogP contribution in [0.4, 0.5) is 5.95 Å². The Morgan fingerprint density at radius 1 is 1.33 bits per heavy atom. The number of nitrogens with zero attached hydrogens (tertiary/aromatic N) is 4. The predicted molar refractivity (Wildman–Crippen MR) is 83.9 cm³/mol. The van der Waals surface area contributed by atoms with Crippen LogP contribution in [0.5, 0.6) is 0 Å². The van der Waals surface area contributed by atoms with Gasteiger partial charge >= 0.3 is 0 Å². The van der Waals surface area contributed by atoms with Crippen molar-refractivity contribution in [2.24, 2.45) is 5.92 Å². The molecular formula is C16H22N4O. The highest BCUT2D eigenvalue weighted by atomic mass is 16.2. The molecule has 1 saturated heterocycles. The van der Waals surface area contributed by atoms with Crippen molar-refractivity contribution < 1.29 is 4.79 Å². The SMILES string of the molecule is C=CCN(CC=C)C(=O)C1CCCN(c2ncccn2)C1. The van der Waals surface area contributed by atoms with Gasteiger partial charge in [0.05, 0.1) is 5.92 Å². The Bertz CT molecular complexity index is 478. The van der Waals surface area contributed by atoms with E-state index in [1.165, 1.54) is 0 Å². The van der Waals surface area contributed by atoms with Gasteiger partial charge in [-0.3, -0.25) is 4.79 Å². The van der Waals surface area contributed by atoms with Gasteiger partial charge in [0.15, 0.2) is 0 Å². The fraction of sp³-hybridized carbons (Fsp3) is 0.438. The first-order valence-corrected chi connectivity index (χ1v) is 7.28. The molecule has 1 aromatic heterocycles. The molecule has 1 atom stereocenters. The number of hydrogen-bond donors (Lipinski definition) is 0. The second-order valence-electron chi connectivity index (χ2n) is 5.15. The predicted octanol–water partition coefficient (Wildman–Crippen LogP) is 1.89. The lowest BCUT2D eigenvalue weighted by atomic mass is 9.96. The highest BCUT2D eigenvalue weighted by Gasteiger charge is 2.29. The first kappa shape index (κ1) is 15.2. The quantitative estimate of drug-likeness (QED) is 0.749. The summed E-state index contributed by atoms with van der Waals surface area (Å²) in [6.07, 6.45) is 8.85. The van der Waals surface area contributed by atoms with E-state index in [1.807, 2.05) is 0 Å². The van der Waals surface area contributed by atoms with E-state index >= 15 is 0 Å². The summed E-state index contributed by atoms with van der Waals surface area (Å²) in [6.45, 7) is 10.1. The van der Waals surface area contributed by atoms with Crippen LogP contribution in [0.3, 0.4) is 0 Å². The number of aromatic nitrogens is 2. The van der Waals surface area contributed by atoms with Crippen LogP contribution in [0.15, 0.2) is 43.8 Å². The number of carbonyl (C=O) groups is 1. The summed E-state index contributed by atoms with van der Waals surface area (Å²) in [5, 5.41) is 0. The van der Waals surface area contributed by atoms with Gasteiger partial charge in [-0.25, -0.2) is 9.97 Å². The second-order valence-corrected chi connectivity index (χ2v) is 5.15. The molecule has 1 aliphatic heterocycles. The Hall–Kier alpha value is -2.17. The van der Waals surface area contributed by atoms with Crippen LogP contribution >= 0.6 is 0 Å². The van der Waals surface area contributed by atoms with Gasteiger partial charge in [0.2, 0.25) is 11.9 Å². The normalized spacial score (nSPS) is 18.1. The van der Waals surface area contributed by atoms with E-state index < -0.39 is 0 Å². The van der Waals surface area contributed by atoms with E-state index in [9.17, 15) is 4.79 Å². The molecule has 5 heteroatoms. The molecule has 0 radical (unpaired) electrons. The number of hydrogen-bond acceptors (Lipinski definition) is 4. The van der Waals surface area contributed by atoms with Gasteiger partial charge in [0.1, 0.15) is 0 Å². The van der Waals surface area contributed by atoms with Crippen LogP contribution < -0.4 is 4.90 Å². The lowest BCUT2D eigenvalue weighted by Gasteiger charge is -2.34.